The highest BCUT2D eigenvalue weighted by Crippen LogP contribution is 2.45. The van der Waals surface area contributed by atoms with Crippen molar-refractivity contribution in [2.45, 2.75) is 31.6 Å². The molecule has 1 N–H and O–H groups in total. The van der Waals surface area contributed by atoms with Crippen LogP contribution in [0.2, 0.25) is 5.02 Å². The lowest BCUT2D eigenvalue weighted by molar-refractivity contribution is -0.136. The number of hydrogen-bond acceptors (Lipinski definition) is 4. The van der Waals surface area contributed by atoms with Crippen LogP contribution < -0.4 is 0 Å². The molecule has 1 atom stereocenters. The number of hydrogen-bond donors (Lipinski definition) is 1. The van der Waals surface area contributed by atoms with Crippen molar-refractivity contribution in [3.05, 3.63) is 63.9 Å². The van der Waals surface area contributed by atoms with Gasteiger partial charge >= 0.3 is 5.97 Å². The first-order chi connectivity index (χ1) is 14.7. The molecule has 8 heteroatoms. The summed E-state index contributed by atoms with van der Waals surface area (Å²) >= 11 is 6.31. The second-order valence-electron chi connectivity index (χ2n) is 8.25. The largest absolute Gasteiger partial charge is 0.481 e. The smallest absolute Gasteiger partial charge is 0.303 e. The summed E-state index contributed by atoms with van der Waals surface area (Å²) in [6.45, 7) is 0.981. The minimum Gasteiger partial charge on any atom is -0.481 e. The van der Waals surface area contributed by atoms with Crippen molar-refractivity contribution in [3.8, 4) is 0 Å². The van der Waals surface area contributed by atoms with Gasteiger partial charge in [0, 0.05) is 36.6 Å². The van der Waals surface area contributed by atoms with E-state index in [4.69, 9.17) is 16.6 Å². The van der Waals surface area contributed by atoms with Crippen molar-refractivity contribution in [1.29, 1.82) is 0 Å². The van der Waals surface area contributed by atoms with Gasteiger partial charge in [-0.1, -0.05) is 29.8 Å². The number of allylic oxidation sites excluding steroid dienone is 1. The predicted molar refractivity (Wildman–Crippen MR) is 121 cm³/mol. The summed E-state index contributed by atoms with van der Waals surface area (Å²) in [6.07, 6.45) is 6.97. The Labute approximate surface area is 187 Å². The zero-order valence-corrected chi connectivity index (χ0v) is 18.9. The van der Waals surface area contributed by atoms with Crippen LogP contribution in [0.25, 0.3) is 11.6 Å². The molecule has 1 aromatic heterocycles. The Morgan fingerprint density at radius 2 is 2.00 bits per heavy atom. The van der Waals surface area contributed by atoms with Crippen molar-refractivity contribution in [2.24, 2.45) is 5.92 Å². The van der Waals surface area contributed by atoms with Crippen molar-refractivity contribution >= 4 is 39.2 Å². The minimum atomic E-state index is -3.20. The van der Waals surface area contributed by atoms with Crippen LogP contribution in [0.1, 0.15) is 54.0 Å². The van der Waals surface area contributed by atoms with Gasteiger partial charge in [-0.25, -0.2) is 12.7 Å². The summed E-state index contributed by atoms with van der Waals surface area (Å²) < 4.78 is 25.5. The van der Waals surface area contributed by atoms with Crippen LogP contribution in [-0.4, -0.2) is 48.1 Å². The molecule has 1 fully saturated rings. The third-order valence-corrected chi connectivity index (χ3v) is 7.78. The number of pyridine rings is 1. The molecule has 1 unspecified atom stereocenters. The first-order valence-corrected chi connectivity index (χ1v) is 12.6. The Bertz CT molecular complexity index is 1140. The second-order valence-corrected chi connectivity index (χ2v) is 10.7. The summed E-state index contributed by atoms with van der Waals surface area (Å²) in [5.74, 6) is -0.630. The summed E-state index contributed by atoms with van der Waals surface area (Å²) in [4.78, 5) is 16.0. The molecular weight excluding hydrogens is 436 g/mol. The summed E-state index contributed by atoms with van der Waals surface area (Å²) in [6, 6.07) is 9.70. The number of aromatic nitrogens is 1. The summed E-state index contributed by atoms with van der Waals surface area (Å²) in [7, 11) is -3.20. The molecule has 31 heavy (non-hydrogen) atoms. The average Bonchev–Trinajstić information content (AvgIpc) is 2.86. The fourth-order valence-corrected chi connectivity index (χ4v) is 5.82. The maximum atomic E-state index is 12.0. The Kier molecular flexibility index (Phi) is 6.19. The fraction of sp³-hybridized carbons (Fsp3) is 0.391. The molecule has 0 amide bonds. The molecule has 1 saturated heterocycles. The molecule has 6 nitrogen and oxygen atoms in total. The van der Waals surface area contributed by atoms with E-state index in [1.807, 2.05) is 36.4 Å². The molecule has 0 bridgehead atoms. The molecule has 1 aliphatic carbocycles. The second kappa shape index (κ2) is 8.73. The van der Waals surface area contributed by atoms with Gasteiger partial charge in [0.15, 0.2) is 0 Å². The fourth-order valence-electron chi connectivity index (χ4n) is 4.77. The Hall–Kier alpha value is -2.22. The molecule has 164 valence electrons. The number of halogens is 1. The van der Waals surface area contributed by atoms with E-state index in [9.17, 15) is 18.3 Å². The summed E-state index contributed by atoms with van der Waals surface area (Å²) in [5, 5.41) is 9.85. The van der Waals surface area contributed by atoms with Crippen molar-refractivity contribution < 1.29 is 18.3 Å². The van der Waals surface area contributed by atoms with Gasteiger partial charge in [0.1, 0.15) is 0 Å². The summed E-state index contributed by atoms with van der Waals surface area (Å²) in [5.41, 5.74) is 4.91. The van der Waals surface area contributed by atoms with Gasteiger partial charge in [-0.3, -0.25) is 9.78 Å². The molecule has 0 saturated carbocycles. The number of carbonyl (C=O) groups is 1. The molecule has 2 aromatic rings. The lowest BCUT2D eigenvalue weighted by Gasteiger charge is -2.35. The predicted octanol–water partition coefficient (Wildman–Crippen LogP) is 4.26. The van der Waals surface area contributed by atoms with Crippen LogP contribution >= 0.6 is 11.6 Å². The van der Waals surface area contributed by atoms with Crippen LogP contribution in [-0.2, 0) is 14.8 Å². The van der Waals surface area contributed by atoms with E-state index in [1.165, 1.54) is 6.26 Å². The normalized spacial score (nSPS) is 19.8. The molecule has 0 radical (unpaired) electrons. The number of piperidine rings is 1. The van der Waals surface area contributed by atoms with E-state index < -0.39 is 16.0 Å². The average molecular weight is 461 g/mol. The highest BCUT2D eigenvalue weighted by atomic mass is 35.5. The van der Waals surface area contributed by atoms with E-state index in [0.29, 0.717) is 24.5 Å². The molecule has 2 heterocycles. The number of fused-ring (bicyclic) bond motifs is 2. The van der Waals surface area contributed by atoms with Crippen molar-refractivity contribution in [3.63, 3.8) is 0 Å². The number of rotatable bonds is 5. The van der Waals surface area contributed by atoms with E-state index >= 15 is 0 Å². The molecule has 1 aliphatic heterocycles. The lowest BCUT2D eigenvalue weighted by atomic mass is 9.76. The molecule has 2 aliphatic rings. The van der Waals surface area contributed by atoms with E-state index in [-0.39, 0.29) is 18.3 Å². The number of benzene rings is 1. The lowest BCUT2D eigenvalue weighted by Crippen LogP contribution is -2.39. The van der Waals surface area contributed by atoms with Gasteiger partial charge in [0.2, 0.25) is 10.0 Å². The van der Waals surface area contributed by atoms with Gasteiger partial charge in [0.05, 0.1) is 11.9 Å². The first-order valence-electron chi connectivity index (χ1n) is 10.4. The molecule has 4 rings (SSSR count). The Morgan fingerprint density at radius 1 is 1.26 bits per heavy atom. The highest BCUT2D eigenvalue weighted by Gasteiger charge is 2.35. The van der Waals surface area contributed by atoms with Gasteiger partial charge in [0.25, 0.3) is 0 Å². The maximum Gasteiger partial charge on any atom is 0.303 e. The number of carboxylic acid groups (broad SMARTS) is 1. The van der Waals surface area contributed by atoms with E-state index in [2.05, 4.69) is 0 Å². The molecular formula is C23H25ClN2O4S. The highest BCUT2D eigenvalue weighted by molar-refractivity contribution is 7.88. The van der Waals surface area contributed by atoms with Crippen molar-refractivity contribution in [2.75, 3.05) is 19.3 Å². The van der Waals surface area contributed by atoms with Crippen molar-refractivity contribution in [1.82, 2.24) is 9.29 Å². The standard InChI is InChI=1S/C23H25ClN2O4S/c1-31(29,30)26-11-8-15(9-12-26)22-19-6-5-18(24)14-17(19)13-16(4-7-21(27)28)20-3-2-10-25-23(20)22/h2-3,5-6,10,13-15,22H,4,7-9,11-12H2,1H3,(H,27,28). The van der Waals surface area contributed by atoms with Crippen LogP contribution in [0.15, 0.2) is 36.5 Å². The molecule has 1 aromatic carbocycles. The number of sulfonamides is 1. The van der Waals surface area contributed by atoms with Gasteiger partial charge < -0.3 is 5.11 Å². The minimum absolute atomic E-state index is 0.0104. The van der Waals surface area contributed by atoms with E-state index in [1.54, 1.807) is 10.5 Å². The monoisotopic (exact) mass is 460 g/mol. The van der Waals surface area contributed by atoms with Crippen LogP contribution in [0.3, 0.4) is 0 Å². The van der Waals surface area contributed by atoms with Gasteiger partial charge in [-0.2, -0.15) is 0 Å². The number of carboxylic acids is 1. The third-order valence-electron chi connectivity index (χ3n) is 6.24. The quantitative estimate of drug-likeness (QED) is 0.720. The SMILES string of the molecule is CS(=O)(=O)N1CCC(C2c3ccc(Cl)cc3C=C(CCC(=O)O)c3cccnc32)CC1. The third kappa shape index (κ3) is 4.68. The van der Waals surface area contributed by atoms with Crippen LogP contribution in [0.5, 0.6) is 0 Å². The zero-order chi connectivity index (χ0) is 22.2. The Balaban J connectivity index is 1.79. The zero-order valence-electron chi connectivity index (χ0n) is 17.3. The van der Waals surface area contributed by atoms with Gasteiger partial charge in [-0.05, 0) is 65.6 Å². The Morgan fingerprint density at radius 3 is 2.68 bits per heavy atom. The number of nitrogens with zero attached hydrogens (tertiary/aromatic N) is 2. The van der Waals surface area contributed by atoms with Crippen LogP contribution in [0.4, 0.5) is 0 Å². The van der Waals surface area contributed by atoms with Gasteiger partial charge in [-0.15, -0.1) is 0 Å². The number of aliphatic carboxylic acids is 1. The molecule has 0 spiro atoms. The first kappa shape index (κ1) is 22.0. The van der Waals surface area contributed by atoms with Crippen LogP contribution in [0, 0.1) is 5.92 Å². The van der Waals surface area contributed by atoms with E-state index in [0.717, 1.165) is 40.8 Å². The maximum absolute atomic E-state index is 12.0. The topological polar surface area (TPSA) is 87.6 Å².